The van der Waals surface area contributed by atoms with Gasteiger partial charge in [0.05, 0.1) is 37.1 Å². The topological polar surface area (TPSA) is 108 Å². The third-order valence-electron chi connectivity index (χ3n) is 6.72. The van der Waals surface area contributed by atoms with Crippen molar-refractivity contribution in [2.75, 3.05) is 25.6 Å². The van der Waals surface area contributed by atoms with Crippen molar-refractivity contribution in [3.8, 4) is 0 Å². The molecule has 3 amide bonds. The average Bonchev–Trinajstić information content (AvgIpc) is 3.38. The first-order valence-electron chi connectivity index (χ1n) is 10.4. The van der Waals surface area contributed by atoms with E-state index in [1.54, 1.807) is 48.5 Å². The zero-order valence-corrected chi connectivity index (χ0v) is 18.0. The minimum atomic E-state index is -1.45. The second-order valence-electron chi connectivity index (χ2n) is 8.30. The molecule has 32 heavy (non-hydrogen) atoms. The molecule has 0 bridgehead atoms. The number of aliphatic hydroxyl groups excluding tert-OH is 1. The van der Waals surface area contributed by atoms with Crippen molar-refractivity contribution in [1.29, 1.82) is 0 Å². The molecule has 0 radical (unpaired) electrons. The molecule has 3 heterocycles. The SMILES string of the molecule is COCCN1C(=O)[C@@H]2[C@H]([C@H](O)c3ccc(Cl)cc3)N[C@]3(C(=O)Nc4ccccc43)[C@H]2C1=O. The minimum absolute atomic E-state index is 0.0876. The zero-order valence-electron chi connectivity index (χ0n) is 17.2. The zero-order chi connectivity index (χ0) is 22.6. The second kappa shape index (κ2) is 7.67. The van der Waals surface area contributed by atoms with Crippen LogP contribution in [0.2, 0.25) is 5.02 Å². The van der Waals surface area contributed by atoms with Crippen molar-refractivity contribution in [2.24, 2.45) is 11.8 Å². The van der Waals surface area contributed by atoms with E-state index >= 15 is 0 Å². The molecule has 0 unspecified atom stereocenters. The molecule has 2 aromatic carbocycles. The number of hydrogen-bond donors (Lipinski definition) is 3. The summed E-state index contributed by atoms with van der Waals surface area (Å²) in [7, 11) is 1.49. The first-order chi connectivity index (χ1) is 15.4. The molecule has 166 valence electrons. The molecule has 2 fully saturated rings. The van der Waals surface area contributed by atoms with E-state index in [2.05, 4.69) is 10.6 Å². The molecule has 5 atom stereocenters. The number of ether oxygens (including phenoxy) is 1. The Morgan fingerprint density at radius 3 is 2.56 bits per heavy atom. The third kappa shape index (κ3) is 2.84. The maximum absolute atomic E-state index is 13.5. The third-order valence-corrected chi connectivity index (χ3v) is 6.97. The molecule has 3 N–H and O–H groups in total. The fourth-order valence-electron chi connectivity index (χ4n) is 5.29. The predicted molar refractivity (Wildman–Crippen MR) is 116 cm³/mol. The molecule has 3 aliphatic rings. The Morgan fingerprint density at radius 2 is 1.84 bits per heavy atom. The molecule has 5 rings (SSSR count). The Kier molecular flexibility index (Phi) is 5.05. The number of fused-ring (bicyclic) bond motifs is 4. The number of carbonyl (C=O) groups is 3. The number of para-hydroxylation sites is 1. The molecule has 0 saturated carbocycles. The number of likely N-dealkylation sites (tertiary alicyclic amines) is 1. The molecule has 8 nitrogen and oxygen atoms in total. The molecule has 0 aliphatic carbocycles. The summed E-state index contributed by atoms with van der Waals surface area (Å²) < 4.78 is 5.07. The predicted octanol–water partition coefficient (Wildman–Crippen LogP) is 1.44. The summed E-state index contributed by atoms with van der Waals surface area (Å²) in [5.74, 6) is -3.17. The van der Waals surface area contributed by atoms with Gasteiger partial charge >= 0.3 is 0 Å². The standard InChI is InChI=1S/C23H22ClN3O5/c1-32-11-10-27-20(29)16-17(21(27)30)23(14-4-2-3-5-15(14)25-22(23)31)26-18(16)19(28)12-6-8-13(24)9-7-12/h2-9,16-19,26,28H,10-11H2,1H3,(H,25,31)/t16-,17+,18+,19+,23-/m0/s1. The van der Waals surface area contributed by atoms with Crippen molar-refractivity contribution in [1.82, 2.24) is 10.2 Å². The Morgan fingerprint density at radius 1 is 1.12 bits per heavy atom. The Labute approximate surface area is 189 Å². The monoisotopic (exact) mass is 455 g/mol. The van der Waals surface area contributed by atoms with Crippen LogP contribution in [-0.4, -0.2) is 54.0 Å². The normalized spacial score (nSPS) is 29.4. The first-order valence-corrected chi connectivity index (χ1v) is 10.7. The van der Waals surface area contributed by atoms with E-state index in [9.17, 15) is 19.5 Å². The molecule has 0 aromatic heterocycles. The summed E-state index contributed by atoms with van der Waals surface area (Å²) in [5.41, 5.74) is 0.264. The highest BCUT2D eigenvalue weighted by atomic mass is 35.5. The number of imide groups is 1. The lowest BCUT2D eigenvalue weighted by molar-refractivity contribution is -0.143. The van der Waals surface area contributed by atoms with Gasteiger partial charge in [-0.15, -0.1) is 0 Å². The first kappa shape index (κ1) is 21.1. The highest BCUT2D eigenvalue weighted by molar-refractivity contribution is 6.30. The van der Waals surface area contributed by atoms with Crippen molar-refractivity contribution in [2.45, 2.75) is 17.7 Å². The van der Waals surface area contributed by atoms with Gasteiger partial charge in [-0.25, -0.2) is 0 Å². The van der Waals surface area contributed by atoms with Crippen LogP contribution in [0, 0.1) is 11.8 Å². The lowest BCUT2D eigenvalue weighted by atomic mass is 9.76. The molecule has 3 aliphatic heterocycles. The number of halogens is 1. The van der Waals surface area contributed by atoms with E-state index in [-0.39, 0.29) is 13.2 Å². The number of benzene rings is 2. The summed E-state index contributed by atoms with van der Waals surface area (Å²) in [5, 5.41) is 17.8. The van der Waals surface area contributed by atoms with Crippen LogP contribution in [0.15, 0.2) is 48.5 Å². The van der Waals surface area contributed by atoms with Crippen LogP contribution >= 0.6 is 11.6 Å². The van der Waals surface area contributed by atoms with Gasteiger partial charge in [0.25, 0.3) is 0 Å². The van der Waals surface area contributed by atoms with Gasteiger partial charge in [-0.3, -0.25) is 24.6 Å². The fourth-order valence-corrected chi connectivity index (χ4v) is 5.41. The van der Waals surface area contributed by atoms with Crippen LogP contribution in [0.4, 0.5) is 5.69 Å². The van der Waals surface area contributed by atoms with E-state index in [1.165, 1.54) is 7.11 Å². The number of nitrogens with zero attached hydrogens (tertiary/aromatic N) is 1. The van der Waals surface area contributed by atoms with Gasteiger partial charge in [-0.2, -0.15) is 0 Å². The highest BCUT2D eigenvalue weighted by Gasteiger charge is 2.71. The lowest BCUT2D eigenvalue weighted by Crippen LogP contribution is -2.54. The number of amides is 3. The summed E-state index contributed by atoms with van der Waals surface area (Å²) in [6.07, 6.45) is -1.14. The summed E-state index contributed by atoms with van der Waals surface area (Å²) in [6.45, 7) is 0.273. The van der Waals surface area contributed by atoms with Gasteiger partial charge in [-0.05, 0) is 23.8 Å². The largest absolute Gasteiger partial charge is 0.387 e. The Hall–Kier alpha value is -2.78. The Balaban J connectivity index is 1.63. The van der Waals surface area contributed by atoms with Gasteiger partial charge in [0.15, 0.2) is 0 Å². The van der Waals surface area contributed by atoms with Crippen LogP contribution in [0.1, 0.15) is 17.2 Å². The van der Waals surface area contributed by atoms with Crippen molar-refractivity contribution in [3.63, 3.8) is 0 Å². The fraction of sp³-hybridized carbons (Fsp3) is 0.348. The molecule has 2 aromatic rings. The number of hydrogen-bond acceptors (Lipinski definition) is 6. The van der Waals surface area contributed by atoms with E-state index < -0.39 is 47.2 Å². The maximum Gasteiger partial charge on any atom is 0.250 e. The van der Waals surface area contributed by atoms with E-state index in [0.29, 0.717) is 21.8 Å². The van der Waals surface area contributed by atoms with Crippen molar-refractivity contribution >= 4 is 35.0 Å². The van der Waals surface area contributed by atoms with Crippen LogP contribution in [-0.2, 0) is 24.7 Å². The second-order valence-corrected chi connectivity index (χ2v) is 8.74. The number of aliphatic hydroxyl groups is 1. The van der Waals surface area contributed by atoms with Crippen molar-refractivity contribution in [3.05, 3.63) is 64.7 Å². The maximum atomic E-state index is 13.5. The van der Waals surface area contributed by atoms with E-state index in [0.717, 1.165) is 4.90 Å². The summed E-state index contributed by atoms with van der Waals surface area (Å²) >= 11 is 5.98. The van der Waals surface area contributed by atoms with Crippen molar-refractivity contribution < 1.29 is 24.2 Å². The van der Waals surface area contributed by atoms with Gasteiger partial charge in [0, 0.05) is 23.4 Å². The quantitative estimate of drug-likeness (QED) is 0.589. The number of carbonyl (C=O) groups excluding carboxylic acids is 3. The molecular formula is C23H22ClN3O5. The number of anilines is 1. The van der Waals surface area contributed by atoms with Crippen LogP contribution < -0.4 is 10.6 Å². The van der Waals surface area contributed by atoms with Gasteiger partial charge in [0.1, 0.15) is 5.54 Å². The molecule has 9 heteroatoms. The number of methoxy groups -OCH3 is 1. The highest BCUT2D eigenvalue weighted by Crippen LogP contribution is 2.54. The smallest absolute Gasteiger partial charge is 0.250 e. The minimum Gasteiger partial charge on any atom is -0.387 e. The Bertz CT molecular complexity index is 1110. The van der Waals surface area contributed by atoms with Gasteiger partial charge < -0.3 is 15.2 Å². The molecular weight excluding hydrogens is 434 g/mol. The van der Waals surface area contributed by atoms with E-state index in [4.69, 9.17) is 16.3 Å². The number of rotatable bonds is 5. The lowest BCUT2D eigenvalue weighted by Gasteiger charge is -2.30. The van der Waals surface area contributed by atoms with Crippen LogP contribution in [0.25, 0.3) is 0 Å². The summed E-state index contributed by atoms with van der Waals surface area (Å²) in [4.78, 5) is 41.4. The van der Waals surface area contributed by atoms with Gasteiger partial charge in [0.2, 0.25) is 17.7 Å². The van der Waals surface area contributed by atoms with Crippen LogP contribution in [0.5, 0.6) is 0 Å². The average molecular weight is 456 g/mol. The molecule has 1 spiro atoms. The summed E-state index contributed by atoms with van der Waals surface area (Å²) in [6, 6.07) is 12.9. The van der Waals surface area contributed by atoms with Gasteiger partial charge in [-0.1, -0.05) is 41.9 Å². The number of nitrogens with one attached hydrogen (secondary N) is 2. The van der Waals surface area contributed by atoms with E-state index in [1.807, 2.05) is 0 Å². The van der Waals surface area contributed by atoms with Crippen LogP contribution in [0.3, 0.4) is 0 Å². The molecule has 2 saturated heterocycles.